The summed E-state index contributed by atoms with van der Waals surface area (Å²) in [5, 5.41) is 0. The summed E-state index contributed by atoms with van der Waals surface area (Å²) in [5.41, 5.74) is 3.65. The lowest BCUT2D eigenvalue weighted by Crippen LogP contribution is -2.20. The molecule has 1 aromatic rings. The fraction of sp³-hybridized carbons (Fsp3) is 0.333. The van der Waals surface area contributed by atoms with Crippen LogP contribution in [0.1, 0.15) is 5.56 Å². The average molecular weight is 207 g/mol. The van der Waals surface area contributed by atoms with Gasteiger partial charge in [-0.15, -0.1) is 0 Å². The van der Waals surface area contributed by atoms with Crippen molar-refractivity contribution >= 4 is 18.3 Å². The second kappa shape index (κ2) is 5.11. The fourth-order valence-electron chi connectivity index (χ4n) is 1.34. The third-order valence-electron chi connectivity index (χ3n) is 2.13. The van der Waals surface area contributed by atoms with E-state index in [1.54, 1.807) is 0 Å². The van der Waals surface area contributed by atoms with Crippen LogP contribution in [0.3, 0.4) is 0 Å². The molecule has 0 aliphatic carbocycles. The van der Waals surface area contributed by atoms with Crippen molar-refractivity contribution in [2.24, 2.45) is 0 Å². The van der Waals surface area contributed by atoms with Gasteiger partial charge in [-0.05, 0) is 30.2 Å². The van der Waals surface area contributed by atoms with Gasteiger partial charge in [0.2, 0.25) is 0 Å². The predicted molar refractivity (Wildman–Crippen MR) is 67.4 cm³/mol. The van der Waals surface area contributed by atoms with E-state index in [9.17, 15) is 0 Å². The molecule has 14 heavy (non-hydrogen) atoms. The monoisotopic (exact) mass is 207 g/mol. The van der Waals surface area contributed by atoms with Gasteiger partial charge < -0.3 is 4.90 Å². The first-order valence-corrected chi connectivity index (χ1v) is 5.32. The summed E-state index contributed by atoms with van der Waals surface area (Å²) in [6.45, 7) is 6.91. The van der Waals surface area contributed by atoms with Crippen molar-refractivity contribution in [3.63, 3.8) is 0 Å². The van der Waals surface area contributed by atoms with E-state index in [0.717, 1.165) is 17.9 Å². The highest BCUT2D eigenvalue weighted by atomic mass is 32.1. The second-order valence-corrected chi connectivity index (χ2v) is 3.92. The van der Waals surface area contributed by atoms with Crippen molar-refractivity contribution in [1.82, 2.24) is 0 Å². The smallest absolute Gasteiger partial charge is 0.0391 e. The summed E-state index contributed by atoms with van der Waals surface area (Å²) >= 11 is 4.20. The van der Waals surface area contributed by atoms with Crippen molar-refractivity contribution in [2.45, 2.75) is 6.92 Å². The molecule has 0 heterocycles. The van der Waals surface area contributed by atoms with Crippen LogP contribution in [-0.2, 0) is 0 Å². The van der Waals surface area contributed by atoms with Gasteiger partial charge in [0.25, 0.3) is 0 Å². The molecule has 0 N–H and O–H groups in total. The van der Waals surface area contributed by atoms with Crippen LogP contribution in [0, 0.1) is 6.92 Å². The number of nitrogens with zero attached hydrogens (tertiary/aromatic N) is 1. The summed E-state index contributed by atoms with van der Waals surface area (Å²) in [4.78, 5) is 2.19. The van der Waals surface area contributed by atoms with E-state index in [1.165, 1.54) is 11.3 Å². The Hall–Kier alpha value is -0.890. The molecular weight excluding hydrogens is 190 g/mol. The Labute approximate surface area is 91.8 Å². The zero-order valence-electron chi connectivity index (χ0n) is 8.83. The molecule has 0 aliphatic heterocycles. The molecule has 0 atom stereocenters. The Kier molecular flexibility index (Phi) is 4.08. The van der Waals surface area contributed by atoms with Gasteiger partial charge in [0.15, 0.2) is 0 Å². The highest BCUT2D eigenvalue weighted by Crippen LogP contribution is 2.15. The van der Waals surface area contributed by atoms with Crippen molar-refractivity contribution in [2.75, 3.05) is 24.2 Å². The molecule has 1 rings (SSSR count). The molecule has 76 valence electrons. The Morgan fingerprint density at radius 1 is 1.50 bits per heavy atom. The number of hydrogen-bond donors (Lipinski definition) is 1. The molecule has 0 saturated heterocycles. The van der Waals surface area contributed by atoms with Crippen LogP contribution >= 0.6 is 12.6 Å². The van der Waals surface area contributed by atoms with E-state index in [0.29, 0.717) is 0 Å². The molecule has 1 nitrogen and oxygen atoms in total. The molecule has 0 aromatic heterocycles. The molecule has 1 aromatic carbocycles. The van der Waals surface area contributed by atoms with Gasteiger partial charge in [-0.1, -0.05) is 18.7 Å². The van der Waals surface area contributed by atoms with Crippen molar-refractivity contribution in [3.8, 4) is 0 Å². The number of anilines is 1. The van der Waals surface area contributed by atoms with E-state index >= 15 is 0 Å². The van der Waals surface area contributed by atoms with Crippen LogP contribution in [-0.4, -0.2) is 19.3 Å². The maximum Gasteiger partial charge on any atom is 0.0391 e. The zero-order chi connectivity index (χ0) is 10.6. The van der Waals surface area contributed by atoms with E-state index in [1.807, 2.05) is 0 Å². The first kappa shape index (κ1) is 11.2. The first-order valence-electron chi connectivity index (χ1n) is 4.69. The molecule has 2 heteroatoms. The van der Waals surface area contributed by atoms with Crippen molar-refractivity contribution in [1.29, 1.82) is 0 Å². The quantitative estimate of drug-likeness (QED) is 0.587. The van der Waals surface area contributed by atoms with Crippen molar-refractivity contribution < 1.29 is 0 Å². The topological polar surface area (TPSA) is 3.24 Å². The highest BCUT2D eigenvalue weighted by molar-refractivity contribution is 7.80. The molecule has 0 saturated carbocycles. The van der Waals surface area contributed by atoms with Crippen molar-refractivity contribution in [3.05, 3.63) is 42.0 Å². The van der Waals surface area contributed by atoms with Gasteiger partial charge in [0.1, 0.15) is 0 Å². The van der Waals surface area contributed by atoms with Gasteiger partial charge in [0.05, 0.1) is 0 Å². The zero-order valence-corrected chi connectivity index (χ0v) is 9.72. The Bertz CT molecular complexity index is 320. The van der Waals surface area contributed by atoms with Crippen LogP contribution in [0.4, 0.5) is 5.69 Å². The highest BCUT2D eigenvalue weighted by Gasteiger charge is 2.01. The van der Waals surface area contributed by atoms with Crippen LogP contribution in [0.25, 0.3) is 0 Å². The Morgan fingerprint density at radius 2 is 2.21 bits per heavy atom. The third-order valence-corrected chi connectivity index (χ3v) is 2.57. The largest absolute Gasteiger partial charge is 0.371 e. The minimum Gasteiger partial charge on any atom is -0.371 e. The number of thiol groups is 1. The second-order valence-electron chi connectivity index (χ2n) is 3.60. The number of aryl methyl sites for hydroxylation is 1. The number of hydrogen-bond acceptors (Lipinski definition) is 2. The van der Waals surface area contributed by atoms with E-state index in [4.69, 9.17) is 0 Å². The van der Waals surface area contributed by atoms with Crippen LogP contribution in [0.5, 0.6) is 0 Å². The Balaban J connectivity index is 2.69. The number of benzene rings is 1. The fourth-order valence-corrected chi connectivity index (χ4v) is 1.44. The number of likely N-dealkylation sites (N-methyl/N-ethyl adjacent to an activating group) is 1. The lowest BCUT2D eigenvalue weighted by molar-refractivity contribution is 0.988. The average Bonchev–Trinajstić information content (AvgIpc) is 2.17. The lowest BCUT2D eigenvalue weighted by atomic mass is 10.2. The summed E-state index contributed by atoms with van der Waals surface area (Å²) in [5.74, 6) is 0.746. The molecule has 0 aliphatic rings. The molecule has 0 unspecified atom stereocenters. The van der Waals surface area contributed by atoms with Gasteiger partial charge in [-0.2, -0.15) is 12.6 Å². The minimum atomic E-state index is 0.746. The standard InChI is InChI=1S/C12H17NS/c1-10-5-4-6-12(7-10)13(3)8-11(2)9-14/h4-7,14H,2,8-9H2,1,3H3. The molecule has 0 bridgehead atoms. The van der Waals surface area contributed by atoms with Gasteiger partial charge in [0, 0.05) is 25.0 Å². The number of rotatable bonds is 4. The normalized spacial score (nSPS) is 9.93. The third kappa shape index (κ3) is 3.11. The summed E-state index contributed by atoms with van der Waals surface area (Å²) in [6, 6.07) is 8.46. The lowest BCUT2D eigenvalue weighted by Gasteiger charge is -2.20. The van der Waals surface area contributed by atoms with Gasteiger partial charge >= 0.3 is 0 Å². The van der Waals surface area contributed by atoms with Crippen LogP contribution in [0.2, 0.25) is 0 Å². The summed E-state index contributed by atoms with van der Waals surface area (Å²) in [6.07, 6.45) is 0. The van der Waals surface area contributed by atoms with E-state index < -0.39 is 0 Å². The minimum absolute atomic E-state index is 0.746. The van der Waals surface area contributed by atoms with Gasteiger partial charge in [-0.3, -0.25) is 0 Å². The molecule has 0 amide bonds. The maximum atomic E-state index is 4.20. The molecule has 0 spiro atoms. The predicted octanol–water partition coefficient (Wildman–Crippen LogP) is 2.92. The SMILES string of the molecule is C=C(CS)CN(C)c1cccc(C)c1. The first-order chi connectivity index (χ1) is 6.63. The summed E-state index contributed by atoms with van der Waals surface area (Å²) < 4.78 is 0. The van der Waals surface area contributed by atoms with E-state index in [-0.39, 0.29) is 0 Å². The van der Waals surface area contributed by atoms with Crippen LogP contribution < -0.4 is 4.90 Å². The maximum absolute atomic E-state index is 4.20. The molecular formula is C12H17NS. The summed E-state index contributed by atoms with van der Waals surface area (Å²) in [7, 11) is 2.07. The molecule has 0 radical (unpaired) electrons. The van der Waals surface area contributed by atoms with Gasteiger partial charge in [-0.25, -0.2) is 0 Å². The Morgan fingerprint density at radius 3 is 2.79 bits per heavy atom. The van der Waals surface area contributed by atoms with Crippen LogP contribution in [0.15, 0.2) is 36.4 Å². The van der Waals surface area contributed by atoms with E-state index in [2.05, 4.69) is 62.3 Å². The molecule has 0 fully saturated rings.